The second-order valence-electron chi connectivity index (χ2n) is 4.32. The molecule has 0 aliphatic carbocycles. The van der Waals surface area contributed by atoms with Crippen molar-refractivity contribution in [2.75, 3.05) is 13.6 Å². The highest BCUT2D eigenvalue weighted by atomic mass is 32.1. The predicted molar refractivity (Wildman–Crippen MR) is 71.3 cm³/mol. The molecule has 0 saturated heterocycles. The summed E-state index contributed by atoms with van der Waals surface area (Å²) in [5.41, 5.74) is 2.56. The summed E-state index contributed by atoms with van der Waals surface area (Å²) < 4.78 is 1.32. The van der Waals surface area contributed by atoms with E-state index in [4.69, 9.17) is 4.98 Å². The van der Waals surface area contributed by atoms with E-state index >= 15 is 0 Å². The molecule has 0 spiro atoms. The lowest BCUT2D eigenvalue weighted by molar-refractivity contribution is 0.793. The highest BCUT2D eigenvalue weighted by Crippen LogP contribution is 2.29. The zero-order chi connectivity index (χ0) is 11.5. The molecule has 2 aromatic rings. The summed E-state index contributed by atoms with van der Waals surface area (Å²) in [5, 5.41) is 4.43. The Morgan fingerprint density at radius 2 is 2.19 bits per heavy atom. The van der Waals surface area contributed by atoms with Crippen molar-refractivity contribution in [3.8, 4) is 0 Å². The minimum atomic E-state index is 0.523. The first-order valence-electron chi connectivity index (χ1n) is 5.75. The normalized spacial score (nSPS) is 11.5. The Bertz CT molecular complexity index is 474. The Morgan fingerprint density at radius 3 is 2.88 bits per heavy atom. The molecule has 2 rings (SSSR count). The molecule has 3 heteroatoms. The lowest BCUT2D eigenvalue weighted by Crippen LogP contribution is -2.10. The number of para-hydroxylation sites is 1. The molecule has 1 heterocycles. The first kappa shape index (κ1) is 11.6. The van der Waals surface area contributed by atoms with E-state index in [0.717, 1.165) is 13.0 Å². The van der Waals surface area contributed by atoms with Crippen molar-refractivity contribution in [1.29, 1.82) is 0 Å². The minimum absolute atomic E-state index is 0.523. The van der Waals surface area contributed by atoms with Crippen LogP contribution in [0.15, 0.2) is 18.2 Å². The lowest BCUT2D eigenvalue weighted by atomic mass is 10.1. The topological polar surface area (TPSA) is 24.9 Å². The number of fused-ring (bicyclic) bond motifs is 1. The van der Waals surface area contributed by atoms with Gasteiger partial charge in [0, 0.05) is 5.92 Å². The first-order valence-corrected chi connectivity index (χ1v) is 6.57. The Kier molecular flexibility index (Phi) is 3.56. The largest absolute Gasteiger partial charge is 0.319 e. The second-order valence-corrected chi connectivity index (χ2v) is 5.39. The van der Waals surface area contributed by atoms with Gasteiger partial charge in [0.1, 0.15) is 0 Å². The van der Waals surface area contributed by atoms with Crippen LogP contribution in [0.4, 0.5) is 0 Å². The maximum absolute atomic E-state index is 4.76. The number of aromatic nitrogens is 1. The van der Waals surface area contributed by atoms with Crippen LogP contribution < -0.4 is 5.32 Å². The number of benzene rings is 1. The monoisotopic (exact) mass is 234 g/mol. The minimum Gasteiger partial charge on any atom is -0.319 e. The number of likely N-dealkylation sites (N-methyl/N-ethyl adjacent to an activating group) is 1. The second kappa shape index (κ2) is 4.93. The fourth-order valence-electron chi connectivity index (χ4n) is 1.73. The highest BCUT2D eigenvalue weighted by Gasteiger charge is 2.09. The third-order valence-electron chi connectivity index (χ3n) is 2.66. The van der Waals surface area contributed by atoms with Gasteiger partial charge in [0.05, 0.1) is 15.2 Å². The molecule has 0 aliphatic heterocycles. The van der Waals surface area contributed by atoms with Crippen molar-refractivity contribution in [1.82, 2.24) is 10.3 Å². The zero-order valence-electron chi connectivity index (χ0n) is 10.1. The molecular formula is C13H18N2S. The smallest absolute Gasteiger partial charge is 0.0964 e. The first-order chi connectivity index (χ1) is 7.72. The average molecular weight is 234 g/mol. The van der Waals surface area contributed by atoms with Gasteiger partial charge in [0.2, 0.25) is 0 Å². The average Bonchev–Trinajstić information content (AvgIpc) is 2.70. The van der Waals surface area contributed by atoms with Crippen LogP contribution in [0.5, 0.6) is 0 Å². The summed E-state index contributed by atoms with van der Waals surface area (Å²) in [6.45, 7) is 5.41. The Hall–Kier alpha value is -0.930. The number of nitrogens with one attached hydrogen (secondary N) is 1. The summed E-state index contributed by atoms with van der Waals surface area (Å²) in [6.07, 6.45) is 1.05. The quantitative estimate of drug-likeness (QED) is 0.879. The molecule has 1 N–H and O–H groups in total. The number of nitrogens with zero attached hydrogens (tertiary/aromatic N) is 1. The van der Waals surface area contributed by atoms with Crippen molar-refractivity contribution in [2.45, 2.75) is 26.2 Å². The maximum atomic E-state index is 4.76. The number of hydrogen-bond donors (Lipinski definition) is 1. The summed E-state index contributed by atoms with van der Waals surface area (Å²) >= 11 is 1.82. The zero-order valence-corrected chi connectivity index (χ0v) is 10.9. The number of hydrogen-bond acceptors (Lipinski definition) is 3. The molecule has 0 atom stereocenters. The van der Waals surface area contributed by atoms with E-state index in [9.17, 15) is 0 Å². The molecule has 0 unspecified atom stereocenters. The molecule has 0 saturated carbocycles. The highest BCUT2D eigenvalue weighted by molar-refractivity contribution is 7.18. The number of rotatable bonds is 4. The molecule has 0 radical (unpaired) electrons. The molecule has 0 amide bonds. The number of thiazole rings is 1. The van der Waals surface area contributed by atoms with E-state index in [0.29, 0.717) is 5.92 Å². The Balaban J connectivity index is 2.41. The predicted octanol–water partition coefficient (Wildman–Crippen LogP) is 3.18. The standard InChI is InChI=1S/C13H18N2S/c1-9(2)13-15-12-10(7-8-14-3)5-4-6-11(12)16-13/h4-6,9,14H,7-8H2,1-3H3. The molecule has 1 aromatic carbocycles. The van der Waals surface area contributed by atoms with E-state index < -0.39 is 0 Å². The third-order valence-corrected chi connectivity index (χ3v) is 3.98. The Morgan fingerprint density at radius 1 is 1.38 bits per heavy atom. The van der Waals surface area contributed by atoms with Gasteiger partial charge in [-0.1, -0.05) is 26.0 Å². The van der Waals surface area contributed by atoms with E-state index in [1.54, 1.807) is 0 Å². The van der Waals surface area contributed by atoms with Crippen molar-refractivity contribution in [3.05, 3.63) is 28.8 Å². The molecule has 0 bridgehead atoms. The molecular weight excluding hydrogens is 216 g/mol. The Labute approximate surface area is 101 Å². The van der Waals surface area contributed by atoms with Gasteiger partial charge in [-0.15, -0.1) is 11.3 Å². The molecule has 16 heavy (non-hydrogen) atoms. The van der Waals surface area contributed by atoms with E-state index in [1.165, 1.54) is 20.8 Å². The van der Waals surface area contributed by atoms with Crippen LogP contribution in [0.3, 0.4) is 0 Å². The summed E-state index contributed by atoms with van der Waals surface area (Å²) in [5.74, 6) is 0.523. The molecule has 2 nitrogen and oxygen atoms in total. The van der Waals surface area contributed by atoms with E-state index in [2.05, 4.69) is 37.4 Å². The van der Waals surface area contributed by atoms with E-state index in [1.807, 2.05) is 18.4 Å². The third kappa shape index (κ3) is 2.25. The molecule has 1 aromatic heterocycles. The fraction of sp³-hybridized carbons (Fsp3) is 0.462. The van der Waals surface area contributed by atoms with Gasteiger partial charge in [-0.05, 0) is 31.6 Å². The van der Waals surface area contributed by atoms with Gasteiger partial charge in [-0.3, -0.25) is 0 Å². The van der Waals surface area contributed by atoms with Gasteiger partial charge >= 0.3 is 0 Å². The SMILES string of the molecule is CNCCc1cccc2sc(C(C)C)nc12. The van der Waals surface area contributed by atoms with Gasteiger partial charge in [-0.2, -0.15) is 0 Å². The van der Waals surface area contributed by atoms with Gasteiger partial charge < -0.3 is 5.32 Å². The van der Waals surface area contributed by atoms with Crippen molar-refractivity contribution in [2.24, 2.45) is 0 Å². The summed E-state index contributed by atoms with van der Waals surface area (Å²) in [7, 11) is 1.99. The van der Waals surface area contributed by atoms with Crippen LogP contribution in [0.2, 0.25) is 0 Å². The summed E-state index contributed by atoms with van der Waals surface area (Å²) in [6, 6.07) is 6.49. The lowest BCUT2D eigenvalue weighted by Gasteiger charge is -2.01. The maximum Gasteiger partial charge on any atom is 0.0964 e. The van der Waals surface area contributed by atoms with Crippen molar-refractivity contribution < 1.29 is 0 Å². The van der Waals surface area contributed by atoms with Crippen LogP contribution in [0.25, 0.3) is 10.2 Å². The van der Waals surface area contributed by atoms with Gasteiger partial charge in [0.25, 0.3) is 0 Å². The summed E-state index contributed by atoms with van der Waals surface area (Å²) in [4.78, 5) is 4.76. The fourth-order valence-corrected chi connectivity index (χ4v) is 2.75. The van der Waals surface area contributed by atoms with Crippen molar-refractivity contribution >= 4 is 21.6 Å². The van der Waals surface area contributed by atoms with Crippen LogP contribution in [-0.2, 0) is 6.42 Å². The van der Waals surface area contributed by atoms with Crippen LogP contribution in [0.1, 0.15) is 30.3 Å². The van der Waals surface area contributed by atoms with Gasteiger partial charge in [0.15, 0.2) is 0 Å². The van der Waals surface area contributed by atoms with Crippen LogP contribution in [0, 0.1) is 0 Å². The van der Waals surface area contributed by atoms with Gasteiger partial charge in [-0.25, -0.2) is 4.98 Å². The molecule has 86 valence electrons. The van der Waals surface area contributed by atoms with Crippen LogP contribution in [-0.4, -0.2) is 18.6 Å². The van der Waals surface area contributed by atoms with E-state index in [-0.39, 0.29) is 0 Å². The molecule has 0 fully saturated rings. The molecule has 0 aliphatic rings. The van der Waals surface area contributed by atoms with Crippen LogP contribution >= 0.6 is 11.3 Å². The van der Waals surface area contributed by atoms with Crippen molar-refractivity contribution in [3.63, 3.8) is 0 Å².